The van der Waals surface area contributed by atoms with Crippen LogP contribution in [-0.2, 0) is 19.0 Å². The molecule has 0 aromatic rings. The lowest BCUT2D eigenvalue weighted by Gasteiger charge is -2.45. The van der Waals surface area contributed by atoms with Gasteiger partial charge in [0.1, 0.15) is 5.60 Å². The zero-order valence-electron chi connectivity index (χ0n) is 14.0. The Kier molecular flexibility index (Phi) is 5.00. The van der Waals surface area contributed by atoms with Crippen LogP contribution in [0.1, 0.15) is 46.5 Å². The number of rotatable bonds is 1. The van der Waals surface area contributed by atoms with Crippen LogP contribution in [-0.4, -0.2) is 55.0 Å². The Hall–Kier alpha value is -1.30. The fourth-order valence-electron chi connectivity index (χ4n) is 3.04. The maximum Gasteiger partial charge on any atom is 0.410 e. The third-order valence-corrected chi connectivity index (χ3v) is 4.40. The average Bonchev–Trinajstić information content (AvgIpc) is 2.46. The summed E-state index contributed by atoms with van der Waals surface area (Å²) in [5, 5.41) is 0. The van der Waals surface area contributed by atoms with Crippen LogP contribution >= 0.6 is 0 Å². The molecule has 2 heterocycles. The number of nitrogens with zero attached hydrogens (tertiary/aromatic N) is 1. The molecule has 0 aromatic carbocycles. The van der Waals surface area contributed by atoms with Crippen molar-refractivity contribution in [2.75, 3.05) is 26.8 Å². The van der Waals surface area contributed by atoms with E-state index in [1.165, 1.54) is 7.11 Å². The SMILES string of the molecule is COC(=O)C1CCC2(CCN(C(=O)OC(C)(C)C)CC2)OC1. The van der Waals surface area contributed by atoms with Gasteiger partial charge in [0, 0.05) is 13.1 Å². The summed E-state index contributed by atoms with van der Waals surface area (Å²) in [5.74, 6) is -0.347. The summed E-state index contributed by atoms with van der Waals surface area (Å²) in [6, 6.07) is 0. The maximum absolute atomic E-state index is 12.1. The lowest BCUT2D eigenvalue weighted by molar-refractivity contribution is -0.164. The Bertz CT molecular complexity index is 411. The highest BCUT2D eigenvalue weighted by atomic mass is 16.6. The average molecular weight is 313 g/mol. The third-order valence-electron chi connectivity index (χ3n) is 4.40. The molecule has 2 aliphatic heterocycles. The Morgan fingerprint density at radius 1 is 1.18 bits per heavy atom. The first kappa shape index (κ1) is 17.1. The number of hydrogen-bond donors (Lipinski definition) is 0. The fourth-order valence-corrected chi connectivity index (χ4v) is 3.04. The van der Waals surface area contributed by atoms with E-state index in [1.807, 2.05) is 20.8 Å². The molecule has 0 aromatic heterocycles. The lowest BCUT2D eigenvalue weighted by atomic mass is 9.82. The van der Waals surface area contributed by atoms with E-state index in [9.17, 15) is 9.59 Å². The molecule has 1 amide bonds. The standard InChI is InChI=1S/C16H27NO5/c1-15(2,3)22-14(19)17-9-7-16(8-10-17)6-5-12(11-21-16)13(18)20-4/h12H,5-11H2,1-4H3. The van der Waals surface area contributed by atoms with E-state index < -0.39 is 5.60 Å². The zero-order valence-corrected chi connectivity index (χ0v) is 14.0. The normalized spacial score (nSPS) is 24.9. The van der Waals surface area contributed by atoms with Crippen molar-refractivity contribution in [2.45, 2.75) is 57.7 Å². The van der Waals surface area contributed by atoms with Crippen LogP contribution in [0.3, 0.4) is 0 Å². The van der Waals surface area contributed by atoms with Crippen LogP contribution in [0.2, 0.25) is 0 Å². The predicted molar refractivity (Wildman–Crippen MR) is 80.5 cm³/mol. The van der Waals surface area contributed by atoms with Crippen molar-refractivity contribution in [3.8, 4) is 0 Å². The summed E-state index contributed by atoms with van der Waals surface area (Å²) in [7, 11) is 1.41. The predicted octanol–water partition coefficient (Wildman–Crippen LogP) is 2.36. The van der Waals surface area contributed by atoms with Gasteiger partial charge in [-0.2, -0.15) is 0 Å². The van der Waals surface area contributed by atoms with Gasteiger partial charge < -0.3 is 19.1 Å². The van der Waals surface area contributed by atoms with Gasteiger partial charge in [-0.25, -0.2) is 4.79 Å². The molecule has 0 N–H and O–H groups in total. The highest BCUT2D eigenvalue weighted by molar-refractivity contribution is 5.72. The van der Waals surface area contributed by atoms with Crippen LogP contribution < -0.4 is 0 Å². The van der Waals surface area contributed by atoms with Gasteiger partial charge in [-0.1, -0.05) is 0 Å². The second-order valence-corrected chi connectivity index (χ2v) is 7.22. The quantitative estimate of drug-likeness (QED) is 0.695. The molecule has 6 nitrogen and oxygen atoms in total. The van der Waals surface area contributed by atoms with Gasteiger partial charge in [0.25, 0.3) is 0 Å². The first-order chi connectivity index (χ1) is 10.2. The van der Waals surface area contributed by atoms with E-state index in [-0.39, 0.29) is 23.6 Å². The van der Waals surface area contributed by atoms with Crippen LogP contribution in [0.25, 0.3) is 0 Å². The topological polar surface area (TPSA) is 65.1 Å². The molecule has 0 radical (unpaired) electrons. The molecule has 22 heavy (non-hydrogen) atoms. The van der Waals surface area contributed by atoms with Crippen molar-refractivity contribution in [3.05, 3.63) is 0 Å². The molecule has 1 unspecified atom stereocenters. The van der Waals surface area contributed by atoms with Crippen LogP contribution in [0.15, 0.2) is 0 Å². The van der Waals surface area contributed by atoms with Gasteiger partial charge in [0.2, 0.25) is 0 Å². The molecular formula is C16H27NO5. The minimum Gasteiger partial charge on any atom is -0.469 e. The number of ether oxygens (including phenoxy) is 3. The summed E-state index contributed by atoms with van der Waals surface area (Å²) >= 11 is 0. The number of piperidine rings is 1. The number of hydrogen-bond acceptors (Lipinski definition) is 5. The number of likely N-dealkylation sites (tertiary alicyclic amines) is 1. The summed E-state index contributed by atoms with van der Waals surface area (Å²) < 4.78 is 16.2. The third kappa shape index (κ3) is 4.12. The minimum absolute atomic E-state index is 0.153. The second kappa shape index (κ2) is 6.44. The number of carbonyl (C=O) groups excluding carboxylic acids is 2. The van der Waals surface area contributed by atoms with E-state index in [4.69, 9.17) is 14.2 Å². The summed E-state index contributed by atoms with van der Waals surface area (Å²) in [6.45, 7) is 7.29. The first-order valence-electron chi connectivity index (χ1n) is 7.94. The molecule has 126 valence electrons. The van der Waals surface area contributed by atoms with E-state index in [0.717, 1.165) is 25.7 Å². The zero-order chi connectivity index (χ0) is 16.4. The van der Waals surface area contributed by atoms with Crippen LogP contribution in [0.4, 0.5) is 4.79 Å². The monoisotopic (exact) mass is 313 g/mol. The summed E-state index contributed by atoms with van der Waals surface area (Å²) in [5.41, 5.74) is -0.662. The van der Waals surface area contributed by atoms with E-state index >= 15 is 0 Å². The van der Waals surface area contributed by atoms with Gasteiger partial charge in [-0.15, -0.1) is 0 Å². The molecule has 2 saturated heterocycles. The highest BCUT2D eigenvalue weighted by Gasteiger charge is 2.42. The minimum atomic E-state index is -0.471. The van der Waals surface area contributed by atoms with Crippen molar-refractivity contribution < 1.29 is 23.8 Å². The van der Waals surface area contributed by atoms with Gasteiger partial charge in [-0.05, 0) is 46.5 Å². The molecule has 0 bridgehead atoms. The van der Waals surface area contributed by atoms with Gasteiger partial charge in [-0.3, -0.25) is 4.79 Å². The van der Waals surface area contributed by atoms with Gasteiger partial charge in [0.05, 0.1) is 25.2 Å². The molecular weight excluding hydrogens is 286 g/mol. The Morgan fingerprint density at radius 2 is 1.82 bits per heavy atom. The molecule has 2 rings (SSSR count). The molecule has 0 aliphatic carbocycles. The summed E-state index contributed by atoms with van der Waals surface area (Å²) in [6.07, 6.45) is 2.96. The van der Waals surface area contributed by atoms with Crippen molar-refractivity contribution in [3.63, 3.8) is 0 Å². The van der Waals surface area contributed by atoms with Gasteiger partial charge >= 0.3 is 12.1 Å². The molecule has 2 fully saturated rings. The number of esters is 1. The largest absolute Gasteiger partial charge is 0.469 e. The molecule has 6 heteroatoms. The Morgan fingerprint density at radius 3 is 2.27 bits per heavy atom. The summed E-state index contributed by atoms with van der Waals surface area (Å²) in [4.78, 5) is 25.3. The van der Waals surface area contributed by atoms with Crippen LogP contribution in [0.5, 0.6) is 0 Å². The molecule has 2 aliphatic rings. The van der Waals surface area contributed by atoms with Crippen molar-refractivity contribution in [2.24, 2.45) is 5.92 Å². The van der Waals surface area contributed by atoms with Gasteiger partial charge in [0.15, 0.2) is 0 Å². The van der Waals surface area contributed by atoms with E-state index in [1.54, 1.807) is 4.90 Å². The van der Waals surface area contributed by atoms with E-state index in [2.05, 4.69) is 0 Å². The van der Waals surface area contributed by atoms with Crippen molar-refractivity contribution in [1.29, 1.82) is 0 Å². The van der Waals surface area contributed by atoms with Crippen molar-refractivity contribution in [1.82, 2.24) is 4.90 Å². The molecule has 0 saturated carbocycles. The number of methoxy groups -OCH3 is 1. The molecule has 1 spiro atoms. The maximum atomic E-state index is 12.1. The number of amides is 1. The van der Waals surface area contributed by atoms with Crippen LogP contribution in [0, 0.1) is 5.92 Å². The molecule has 1 atom stereocenters. The first-order valence-corrected chi connectivity index (χ1v) is 7.94. The highest BCUT2D eigenvalue weighted by Crippen LogP contribution is 2.37. The fraction of sp³-hybridized carbons (Fsp3) is 0.875. The van der Waals surface area contributed by atoms with E-state index in [0.29, 0.717) is 19.7 Å². The Labute approximate surface area is 132 Å². The second-order valence-electron chi connectivity index (χ2n) is 7.22. The lowest BCUT2D eigenvalue weighted by Crippen LogP contribution is -2.51. The smallest absolute Gasteiger partial charge is 0.410 e. The number of carbonyl (C=O) groups is 2. The Balaban J connectivity index is 1.83. The van der Waals surface area contributed by atoms with Crippen molar-refractivity contribution >= 4 is 12.1 Å².